The Morgan fingerprint density at radius 3 is 1.25 bits per heavy atom. The highest BCUT2D eigenvalue weighted by Crippen LogP contribution is 2.34. The summed E-state index contributed by atoms with van der Waals surface area (Å²) in [5, 5.41) is 0. The van der Waals surface area contributed by atoms with E-state index in [2.05, 4.69) is 97.8 Å². The zero-order valence-electron chi connectivity index (χ0n) is 13.9. The molecule has 0 aliphatic heterocycles. The van der Waals surface area contributed by atoms with Crippen LogP contribution in [0.4, 0.5) is 17.1 Å². The quantitative estimate of drug-likeness (QED) is 0.503. The maximum Gasteiger partial charge on any atom is 0.0462 e. The average Bonchev–Trinajstić information content (AvgIpc) is 2.64. The third-order valence-corrected chi connectivity index (χ3v) is 4.07. The Hall–Kier alpha value is -3.06. The zero-order valence-corrected chi connectivity index (χ0v) is 13.9. The van der Waals surface area contributed by atoms with Gasteiger partial charge < -0.3 is 4.90 Å². The molecule has 0 aromatic heterocycles. The van der Waals surface area contributed by atoms with Crippen LogP contribution in [0.1, 0.15) is 16.7 Å². The van der Waals surface area contributed by atoms with E-state index in [0.717, 1.165) is 28.2 Å². The van der Waals surface area contributed by atoms with E-state index >= 15 is 0 Å². The molecule has 0 spiro atoms. The highest BCUT2D eigenvalue weighted by Gasteiger charge is 2.11. The third kappa shape index (κ3) is 3.31. The lowest BCUT2D eigenvalue weighted by molar-refractivity contribution is 1.27. The zero-order chi connectivity index (χ0) is 16.9. The fourth-order valence-electron chi connectivity index (χ4n) is 2.66. The number of nitrogens with zero attached hydrogens (tertiary/aromatic N) is 1. The number of aryl methyl sites for hydroxylation is 1. The highest BCUT2D eigenvalue weighted by atomic mass is 15.1. The van der Waals surface area contributed by atoms with Gasteiger partial charge in [-0.15, -0.1) is 0 Å². The number of hydrogen-bond donors (Lipinski definition) is 0. The van der Waals surface area contributed by atoms with E-state index < -0.39 is 0 Å². The van der Waals surface area contributed by atoms with Crippen molar-refractivity contribution in [2.75, 3.05) is 4.90 Å². The van der Waals surface area contributed by atoms with Gasteiger partial charge >= 0.3 is 0 Å². The minimum absolute atomic E-state index is 1.12. The van der Waals surface area contributed by atoms with Gasteiger partial charge in [-0.05, 0) is 54.4 Å². The van der Waals surface area contributed by atoms with Gasteiger partial charge in [-0.2, -0.15) is 0 Å². The summed E-state index contributed by atoms with van der Waals surface area (Å²) < 4.78 is 0. The van der Waals surface area contributed by atoms with Crippen molar-refractivity contribution in [1.82, 2.24) is 0 Å². The molecule has 3 aromatic carbocycles. The summed E-state index contributed by atoms with van der Waals surface area (Å²) in [5.74, 6) is 0. The molecule has 0 bridgehead atoms. The minimum atomic E-state index is 1.12. The monoisotopic (exact) mass is 311 g/mol. The Labute approximate surface area is 144 Å². The molecule has 0 fully saturated rings. The van der Waals surface area contributed by atoms with Gasteiger partial charge in [0.25, 0.3) is 0 Å². The molecule has 118 valence electrons. The number of rotatable bonds is 5. The fourth-order valence-corrected chi connectivity index (χ4v) is 2.66. The van der Waals surface area contributed by atoms with Crippen LogP contribution in [0.3, 0.4) is 0 Å². The van der Waals surface area contributed by atoms with Crippen molar-refractivity contribution in [3.05, 3.63) is 103 Å². The van der Waals surface area contributed by atoms with Crippen LogP contribution >= 0.6 is 0 Å². The van der Waals surface area contributed by atoms with Gasteiger partial charge in [0.2, 0.25) is 0 Å². The Bertz CT molecular complexity index is 773. The van der Waals surface area contributed by atoms with Crippen LogP contribution in [-0.4, -0.2) is 0 Å². The Morgan fingerprint density at radius 2 is 0.917 bits per heavy atom. The summed E-state index contributed by atoms with van der Waals surface area (Å²) in [5.41, 5.74) is 6.86. The first-order chi connectivity index (χ1) is 11.7. The number of benzene rings is 3. The normalized spacial score (nSPS) is 10.2. The van der Waals surface area contributed by atoms with Gasteiger partial charge in [0.1, 0.15) is 0 Å². The molecule has 0 saturated heterocycles. The third-order valence-electron chi connectivity index (χ3n) is 4.07. The molecule has 0 radical (unpaired) electrons. The van der Waals surface area contributed by atoms with Gasteiger partial charge in [-0.1, -0.05) is 67.3 Å². The molecule has 1 nitrogen and oxygen atoms in total. The maximum absolute atomic E-state index is 3.83. The summed E-state index contributed by atoms with van der Waals surface area (Å²) >= 11 is 0. The molecule has 0 aliphatic carbocycles. The van der Waals surface area contributed by atoms with Crippen LogP contribution in [0.5, 0.6) is 0 Å². The van der Waals surface area contributed by atoms with Crippen molar-refractivity contribution in [2.45, 2.75) is 6.92 Å². The summed E-state index contributed by atoms with van der Waals surface area (Å²) in [7, 11) is 0. The lowest BCUT2D eigenvalue weighted by Gasteiger charge is -2.25. The van der Waals surface area contributed by atoms with Crippen LogP contribution in [0, 0.1) is 6.92 Å². The summed E-state index contributed by atoms with van der Waals surface area (Å²) in [6, 6.07) is 25.4. The summed E-state index contributed by atoms with van der Waals surface area (Å²) in [6.45, 7) is 9.76. The molecule has 24 heavy (non-hydrogen) atoms. The van der Waals surface area contributed by atoms with Crippen molar-refractivity contribution >= 4 is 29.2 Å². The molecule has 0 N–H and O–H groups in total. The second-order valence-corrected chi connectivity index (χ2v) is 5.76. The van der Waals surface area contributed by atoms with Crippen molar-refractivity contribution in [3.8, 4) is 0 Å². The van der Waals surface area contributed by atoms with Gasteiger partial charge in [0.05, 0.1) is 0 Å². The molecule has 3 rings (SSSR count). The van der Waals surface area contributed by atoms with E-state index in [1.165, 1.54) is 5.56 Å². The van der Waals surface area contributed by atoms with Gasteiger partial charge in [-0.3, -0.25) is 0 Å². The minimum Gasteiger partial charge on any atom is -0.311 e. The maximum atomic E-state index is 3.83. The van der Waals surface area contributed by atoms with Crippen LogP contribution in [0.2, 0.25) is 0 Å². The first-order valence-electron chi connectivity index (χ1n) is 8.03. The van der Waals surface area contributed by atoms with Crippen LogP contribution in [-0.2, 0) is 0 Å². The van der Waals surface area contributed by atoms with Crippen LogP contribution < -0.4 is 4.90 Å². The van der Waals surface area contributed by atoms with E-state index in [-0.39, 0.29) is 0 Å². The second kappa shape index (κ2) is 7.01. The molecule has 3 aromatic rings. The predicted molar refractivity (Wildman–Crippen MR) is 106 cm³/mol. The van der Waals surface area contributed by atoms with Crippen molar-refractivity contribution in [2.24, 2.45) is 0 Å². The van der Waals surface area contributed by atoms with Crippen molar-refractivity contribution < 1.29 is 0 Å². The van der Waals surface area contributed by atoms with Crippen LogP contribution in [0.15, 0.2) is 86.0 Å². The van der Waals surface area contributed by atoms with E-state index in [4.69, 9.17) is 0 Å². The number of anilines is 3. The SMILES string of the molecule is C=Cc1ccc(N(c2ccc(C)cc2)c2ccc(C=C)cc2)cc1. The standard InChI is InChI=1S/C23H21N/c1-4-19-8-14-22(15-9-19)24(21-12-6-18(3)7-13-21)23-16-10-20(5-2)11-17-23/h4-17H,1-2H2,3H3. The van der Waals surface area contributed by atoms with Gasteiger partial charge in [-0.25, -0.2) is 0 Å². The molecule has 1 heteroatoms. The van der Waals surface area contributed by atoms with E-state index in [9.17, 15) is 0 Å². The summed E-state index contributed by atoms with van der Waals surface area (Å²) in [4.78, 5) is 2.25. The molecule has 0 heterocycles. The number of hydrogen-bond acceptors (Lipinski definition) is 1. The Morgan fingerprint density at radius 1 is 0.583 bits per heavy atom. The molecule has 0 aliphatic rings. The smallest absolute Gasteiger partial charge is 0.0462 e. The lowest BCUT2D eigenvalue weighted by Crippen LogP contribution is -2.09. The first-order valence-corrected chi connectivity index (χ1v) is 8.03. The average molecular weight is 311 g/mol. The molecular weight excluding hydrogens is 290 g/mol. The Balaban J connectivity index is 2.09. The molecular formula is C23H21N. The second-order valence-electron chi connectivity index (χ2n) is 5.76. The van der Waals surface area contributed by atoms with Crippen molar-refractivity contribution in [3.63, 3.8) is 0 Å². The van der Waals surface area contributed by atoms with E-state index in [1.807, 2.05) is 12.2 Å². The van der Waals surface area contributed by atoms with E-state index in [1.54, 1.807) is 0 Å². The molecule has 0 amide bonds. The van der Waals surface area contributed by atoms with Gasteiger partial charge in [0.15, 0.2) is 0 Å². The van der Waals surface area contributed by atoms with Crippen molar-refractivity contribution in [1.29, 1.82) is 0 Å². The molecule has 0 saturated carbocycles. The van der Waals surface area contributed by atoms with Crippen LogP contribution in [0.25, 0.3) is 12.2 Å². The predicted octanol–water partition coefficient (Wildman–Crippen LogP) is 6.75. The first kappa shape index (κ1) is 15.8. The summed E-state index contributed by atoms with van der Waals surface area (Å²) in [6.07, 6.45) is 3.72. The van der Waals surface area contributed by atoms with Gasteiger partial charge in [0, 0.05) is 17.1 Å². The fraction of sp³-hybridized carbons (Fsp3) is 0.0435. The largest absolute Gasteiger partial charge is 0.311 e. The molecule has 0 atom stereocenters. The highest BCUT2D eigenvalue weighted by molar-refractivity contribution is 5.77. The Kier molecular flexibility index (Phi) is 4.62. The molecule has 0 unspecified atom stereocenters. The topological polar surface area (TPSA) is 3.24 Å². The lowest BCUT2D eigenvalue weighted by atomic mass is 10.1. The van der Waals surface area contributed by atoms with E-state index in [0.29, 0.717) is 0 Å².